The van der Waals surface area contributed by atoms with E-state index in [0.29, 0.717) is 24.1 Å². The second-order valence-corrected chi connectivity index (χ2v) is 7.06. The number of guanidine groups is 1. The van der Waals surface area contributed by atoms with Gasteiger partial charge >= 0.3 is 0 Å². The summed E-state index contributed by atoms with van der Waals surface area (Å²) < 4.78 is 15.3. The van der Waals surface area contributed by atoms with Crippen LogP contribution < -0.4 is 10.6 Å². The molecular weight excluding hydrogens is 355 g/mol. The van der Waals surface area contributed by atoms with Gasteiger partial charge in [0, 0.05) is 43.5 Å². The van der Waals surface area contributed by atoms with Crippen molar-refractivity contribution in [2.75, 3.05) is 20.1 Å². The molecule has 0 atom stereocenters. The molecule has 1 aromatic heterocycles. The van der Waals surface area contributed by atoms with Gasteiger partial charge in [0.05, 0.1) is 0 Å². The first-order valence-electron chi connectivity index (χ1n) is 8.64. The molecule has 2 aromatic rings. The van der Waals surface area contributed by atoms with E-state index >= 15 is 0 Å². The number of nitrogens with zero attached hydrogens (tertiary/aromatic N) is 4. The summed E-state index contributed by atoms with van der Waals surface area (Å²) in [6.07, 6.45) is 2.58. The molecule has 1 heterocycles. The summed E-state index contributed by atoms with van der Waals surface area (Å²) in [6, 6.07) is 4.50. The minimum atomic E-state index is -0.333. The van der Waals surface area contributed by atoms with E-state index in [9.17, 15) is 4.39 Å². The summed E-state index contributed by atoms with van der Waals surface area (Å²) in [7, 11) is 1.73. The third kappa shape index (κ3) is 5.17. The highest BCUT2D eigenvalue weighted by Gasteiger charge is 2.24. The van der Waals surface area contributed by atoms with Gasteiger partial charge in [-0.1, -0.05) is 38.4 Å². The highest BCUT2D eigenvalue weighted by Crippen LogP contribution is 2.29. The van der Waals surface area contributed by atoms with Gasteiger partial charge in [0.15, 0.2) is 5.96 Å². The van der Waals surface area contributed by atoms with Gasteiger partial charge in [0.2, 0.25) is 0 Å². The maximum absolute atomic E-state index is 13.3. The maximum Gasteiger partial charge on any atom is 0.191 e. The number of hydrogen-bond acceptors (Lipinski definition) is 3. The van der Waals surface area contributed by atoms with Gasteiger partial charge < -0.3 is 15.2 Å². The Hall–Kier alpha value is -2.15. The number of aromatic nitrogens is 3. The fraction of sp³-hybridized carbons (Fsp3) is 0.500. The number of benzene rings is 1. The molecular formula is C18H26ClFN6. The minimum Gasteiger partial charge on any atom is -0.356 e. The van der Waals surface area contributed by atoms with E-state index < -0.39 is 0 Å². The maximum atomic E-state index is 13.3. The van der Waals surface area contributed by atoms with Gasteiger partial charge in [0.1, 0.15) is 18.0 Å². The molecule has 0 aliphatic rings. The molecule has 6 nitrogen and oxygen atoms in total. The summed E-state index contributed by atoms with van der Waals surface area (Å²) in [6.45, 7) is 8.21. The predicted molar refractivity (Wildman–Crippen MR) is 103 cm³/mol. The lowest BCUT2D eigenvalue weighted by Gasteiger charge is -2.27. The molecule has 0 amide bonds. The van der Waals surface area contributed by atoms with Crippen LogP contribution in [-0.2, 0) is 18.4 Å². The quantitative estimate of drug-likeness (QED) is 0.572. The van der Waals surface area contributed by atoms with Crippen LogP contribution in [0, 0.1) is 5.82 Å². The highest BCUT2D eigenvalue weighted by atomic mass is 35.5. The standard InChI is InChI=1S/C18H26ClFN6/c1-5-16-25-24-12-26(16)9-8-22-17(21-4)23-11-18(2,3)14-7-6-13(20)10-15(14)19/h6-7,10,12H,5,8-9,11H2,1-4H3,(H2,21,22,23). The van der Waals surface area contributed by atoms with Crippen molar-refractivity contribution < 1.29 is 4.39 Å². The average Bonchev–Trinajstić information content (AvgIpc) is 3.05. The van der Waals surface area contributed by atoms with Crippen molar-refractivity contribution in [3.05, 3.63) is 46.8 Å². The van der Waals surface area contributed by atoms with E-state index in [1.807, 2.05) is 4.57 Å². The molecule has 26 heavy (non-hydrogen) atoms. The topological polar surface area (TPSA) is 67.1 Å². The zero-order chi connectivity index (χ0) is 19.2. The fourth-order valence-electron chi connectivity index (χ4n) is 2.69. The highest BCUT2D eigenvalue weighted by molar-refractivity contribution is 6.31. The lowest BCUT2D eigenvalue weighted by atomic mass is 9.84. The molecule has 0 radical (unpaired) electrons. The van der Waals surface area contributed by atoms with E-state index in [-0.39, 0.29) is 11.2 Å². The third-order valence-electron chi connectivity index (χ3n) is 4.24. The summed E-state index contributed by atoms with van der Waals surface area (Å²) in [4.78, 5) is 4.24. The van der Waals surface area contributed by atoms with Crippen LogP contribution in [0.25, 0.3) is 0 Å². The Morgan fingerprint density at radius 3 is 2.77 bits per heavy atom. The zero-order valence-corrected chi connectivity index (χ0v) is 16.4. The Kier molecular flexibility index (Phi) is 6.97. The van der Waals surface area contributed by atoms with Crippen molar-refractivity contribution in [3.8, 4) is 0 Å². The molecule has 0 bridgehead atoms. The number of aryl methyl sites for hydroxylation is 1. The van der Waals surface area contributed by atoms with E-state index in [4.69, 9.17) is 11.6 Å². The van der Waals surface area contributed by atoms with Crippen molar-refractivity contribution in [2.45, 2.75) is 39.2 Å². The van der Waals surface area contributed by atoms with Crippen LogP contribution in [0.2, 0.25) is 5.02 Å². The van der Waals surface area contributed by atoms with Crippen LogP contribution in [0.3, 0.4) is 0 Å². The van der Waals surface area contributed by atoms with Crippen LogP contribution in [0.4, 0.5) is 4.39 Å². The van der Waals surface area contributed by atoms with Gasteiger partial charge in [0.25, 0.3) is 0 Å². The van der Waals surface area contributed by atoms with Gasteiger partial charge in [-0.25, -0.2) is 4.39 Å². The van der Waals surface area contributed by atoms with Crippen LogP contribution in [0.15, 0.2) is 29.5 Å². The SMILES string of the molecule is CCc1nncn1CCNC(=NC)NCC(C)(C)c1ccc(F)cc1Cl. The average molecular weight is 381 g/mol. The third-order valence-corrected chi connectivity index (χ3v) is 4.55. The molecule has 0 aliphatic heterocycles. The lowest BCUT2D eigenvalue weighted by Crippen LogP contribution is -2.44. The minimum absolute atomic E-state index is 0.286. The first-order valence-corrected chi connectivity index (χ1v) is 9.02. The summed E-state index contributed by atoms with van der Waals surface area (Å²) in [5, 5.41) is 15.0. The Morgan fingerprint density at radius 1 is 1.35 bits per heavy atom. The molecule has 0 saturated carbocycles. The number of aliphatic imine (C=N–C) groups is 1. The molecule has 0 spiro atoms. The van der Waals surface area contributed by atoms with E-state index in [1.54, 1.807) is 19.4 Å². The Morgan fingerprint density at radius 2 is 2.12 bits per heavy atom. The molecule has 0 unspecified atom stereocenters. The van der Waals surface area contributed by atoms with Crippen LogP contribution in [0.1, 0.15) is 32.2 Å². The molecule has 0 saturated heterocycles. The number of nitrogens with one attached hydrogen (secondary N) is 2. The van der Waals surface area contributed by atoms with Crippen LogP contribution in [0.5, 0.6) is 0 Å². The van der Waals surface area contributed by atoms with Crippen molar-refractivity contribution in [1.82, 2.24) is 25.4 Å². The summed E-state index contributed by atoms with van der Waals surface area (Å²) in [5.74, 6) is 1.32. The largest absolute Gasteiger partial charge is 0.356 e. The van der Waals surface area contributed by atoms with E-state index in [1.165, 1.54) is 12.1 Å². The number of rotatable bonds is 7. The van der Waals surface area contributed by atoms with Crippen molar-refractivity contribution in [3.63, 3.8) is 0 Å². The molecule has 2 N–H and O–H groups in total. The van der Waals surface area contributed by atoms with E-state index in [2.05, 4.69) is 46.6 Å². The second-order valence-electron chi connectivity index (χ2n) is 6.65. The smallest absolute Gasteiger partial charge is 0.191 e. The Labute approximate surface area is 158 Å². The summed E-state index contributed by atoms with van der Waals surface area (Å²) in [5.41, 5.74) is 0.604. The Balaban J connectivity index is 1.89. The molecule has 2 rings (SSSR count). The van der Waals surface area contributed by atoms with Crippen molar-refractivity contribution in [1.29, 1.82) is 0 Å². The van der Waals surface area contributed by atoms with Gasteiger partial charge in [-0.05, 0) is 17.7 Å². The molecule has 0 aliphatic carbocycles. The van der Waals surface area contributed by atoms with Crippen molar-refractivity contribution >= 4 is 17.6 Å². The monoisotopic (exact) mass is 380 g/mol. The van der Waals surface area contributed by atoms with Crippen LogP contribution >= 0.6 is 11.6 Å². The number of halogens is 2. The molecule has 0 fully saturated rings. The molecule has 1 aromatic carbocycles. The first kappa shape index (κ1) is 20.2. The van der Waals surface area contributed by atoms with Crippen molar-refractivity contribution in [2.24, 2.45) is 4.99 Å². The molecule has 8 heteroatoms. The predicted octanol–water partition coefficient (Wildman–Crippen LogP) is 2.78. The first-order chi connectivity index (χ1) is 12.4. The number of hydrogen-bond donors (Lipinski definition) is 2. The van der Waals surface area contributed by atoms with Gasteiger partial charge in [-0.3, -0.25) is 4.99 Å². The summed E-state index contributed by atoms with van der Waals surface area (Å²) >= 11 is 6.20. The zero-order valence-electron chi connectivity index (χ0n) is 15.7. The molecule has 142 valence electrons. The Bertz CT molecular complexity index is 756. The fourth-order valence-corrected chi connectivity index (χ4v) is 3.12. The van der Waals surface area contributed by atoms with E-state index in [0.717, 1.165) is 24.4 Å². The second kappa shape index (κ2) is 8.98. The normalized spacial score (nSPS) is 12.3. The van der Waals surface area contributed by atoms with Gasteiger partial charge in [-0.2, -0.15) is 0 Å². The lowest BCUT2D eigenvalue weighted by molar-refractivity contribution is 0.506. The van der Waals surface area contributed by atoms with Gasteiger partial charge in [-0.15, -0.1) is 10.2 Å². The van der Waals surface area contributed by atoms with Crippen LogP contribution in [-0.4, -0.2) is 40.9 Å².